The van der Waals surface area contributed by atoms with Gasteiger partial charge in [0.15, 0.2) is 0 Å². The molecule has 7 heteroatoms. The third kappa shape index (κ3) is 4.15. The number of nitrogens with one attached hydrogen (secondary N) is 1. The van der Waals surface area contributed by atoms with Gasteiger partial charge >= 0.3 is 0 Å². The van der Waals surface area contributed by atoms with E-state index in [1.165, 1.54) is 12.1 Å². The van der Waals surface area contributed by atoms with Crippen LogP contribution in [0.4, 0.5) is 5.69 Å². The van der Waals surface area contributed by atoms with Crippen molar-refractivity contribution in [2.24, 2.45) is 0 Å². The second-order valence-electron chi connectivity index (χ2n) is 5.08. The van der Waals surface area contributed by atoms with E-state index in [0.29, 0.717) is 18.7 Å². The van der Waals surface area contributed by atoms with Crippen molar-refractivity contribution in [1.82, 2.24) is 4.90 Å². The van der Waals surface area contributed by atoms with Crippen LogP contribution in [0.25, 0.3) is 0 Å². The molecule has 0 aliphatic rings. The normalized spacial score (nSPS) is 11.1. The van der Waals surface area contributed by atoms with Crippen molar-refractivity contribution in [3.63, 3.8) is 0 Å². The van der Waals surface area contributed by atoms with E-state index >= 15 is 0 Å². The molecular weight excluding hydrogens is 392 g/mol. The summed E-state index contributed by atoms with van der Waals surface area (Å²) in [5, 5.41) is 0. The minimum atomic E-state index is -3.77. The Bertz CT molecular complexity index is 816. The molecule has 0 saturated carbocycles. The van der Waals surface area contributed by atoms with Gasteiger partial charge in [0.1, 0.15) is 0 Å². The van der Waals surface area contributed by atoms with Gasteiger partial charge in [0, 0.05) is 17.6 Å². The lowest BCUT2D eigenvalue weighted by Gasteiger charge is -2.20. The van der Waals surface area contributed by atoms with Crippen LogP contribution in [0.15, 0.2) is 57.9 Å². The predicted octanol–water partition coefficient (Wildman–Crippen LogP) is 3.73. The molecule has 0 spiro atoms. The zero-order chi connectivity index (χ0) is 17.7. The molecule has 0 fully saturated rings. The van der Waals surface area contributed by atoms with Crippen molar-refractivity contribution in [2.45, 2.75) is 18.7 Å². The second kappa shape index (κ2) is 7.81. The summed E-state index contributed by atoms with van der Waals surface area (Å²) >= 11 is 3.28. The molecule has 5 nitrogen and oxygen atoms in total. The number of amides is 1. The Morgan fingerprint density at radius 1 is 1.04 bits per heavy atom. The number of rotatable bonds is 6. The summed E-state index contributed by atoms with van der Waals surface area (Å²) in [5.74, 6) is -0.200. The van der Waals surface area contributed by atoms with Gasteiger partial charge in [-0.15, -0.1) is 0 Å². The lowest BCUT2D eigenvalue weighted by Crippen LogP contribution is -2.31. The first kappa shape index (κ1) is 18.5. The molecule has 0 aliphatic heterocycles. The van der Waals surface area contributed by atoms with Crippen LogP contribution >= 0.6 is 15.9 Å². The molecule has 0 bridgehead atoms. The minimum absolute atomic E-state index is 0.135. The number of hydrogen-bond donors (Lipinski definition) is 1. The standard InChI is InChI=1S/C17H19BrN2O3S/c1-3-20(4-2)17(21)15-7-5-6-8-16(15)19-24(22,23)14-11-9-13(18)10-12-14/h5-12,19H,3-4H2,1-2H3. The van der Waals surface area contributed by atoms with Crippen molar-refractivity contribution >= 4 is 37.5 Å². The van der Waals surface area contributed by atoms with E-state index in [9.17, 15) is 13.2 Å². The number of nitrogens with zero attached hydrogens (tertiary/aromatic N) is 1. The largest absolute Gasteiger partial charge is 0.339 e. The van der Waals surface area contributed by atoms with Crippen LogP contribution in [0.5, 0.6) is 0 Å². The number of halogens is 1. The summed E-state index contributed by atoms with van der Waals surface area (Å²) in [5.41, 5.74) is 0.610. The molecule has 2 aromatic rings. The van der Waals surface area contributed by atoms with Crippen molar-refractivity contribution < 1.29 is 13.2 Å². The van der Waals surface area contributed by atoms with Crippen LogP contribution in [0.2, 0.25) is 0 Å². The van der Waals surface area contributed by atoms with E-state index in [-0.39, 0.29) is 16.5 Å². The highest BCUT2D eigenvalue weighted by molar-refractivity contribution is 9.10. The highest BCUT2D eigenvalue weighted by atomic mass is 79.9. The molecule has 0 atom stereocenters. The molecule has 2 rings (SSSR count). The Kier molecular flexibility index (Phi) is 6.01. The number of sulfonamides is 1. The Morgan fingerprint density at radius 2 is 1.62 bits per heavy atom. The smallest absolute Gasteiger partial charge is 0.261 e. The molecule has 2 aromatic carbocycles. The fourth-order valence-electron chi connectivity index (χ4n) is 2.26. The lowest BCUT2D eigenvalue weighted by atomic mass is 10.1. The molecule has 128 valence electrons. The summed E-state index contributed by atoms with van der Waals surface area (Å²) in [4.78, 5) is 14.4. The fraction of sp³-hybridized carbons (Fsp3) is 0.235. The van der Waals surface area contributed by atoms with Gasteiger partial charge in [-0.1, -0.05) is 28.1 Å². The van der Waals surface area contributed by atoms with E-state index in [4.69, 9.17) is 0 Å². The molecule has 0 heterocycles. The Balaban J connectivity index is 2.36. The third-order valence-corrected chi connectivity index (χ3v) is 5.49. The van der Waals surface area contributed by atoms with Gasteiger partial charge in [0.2, 0.25) is 0 Å². The molecule has 0 saturated heterocycles. The second-order valence-corrected chi connectivity index (χ2v) is 7.68. The van der Waals surface area contributed by atoms with E-state index < -0.39 is 10.0 Å². The van der Waals surface area contributed by atoms with Crippen LogP contribution < -0.4 is 4.72 Å². The summed E-state index contributed by atoms with van der Waals surface area (Å²) in [7, 11) is -3.77. The lowest BCUT2D eigenvalue weighted by molar-refractivity contribution is 0.0774. The zero-order valence-corrected chi connectivity index (χ0v) is 15.9. The topological polar surface area (TPSA) is 66.5 Å². The first-order valence-electron chi connectivity index (χ1n) is 7.55. The van der Waals surface area contributed by atoms with E-state index in [1.807, 2.05) is 13.8 Å². The SMILES string of the molecule is CCN(CC)C(=O)c1ccccc1NS(=O)(=O)c1ccc(Br)cc1. The number of anilines is 1. The van der Waals surface area contributed by atoms with Gasteiger partial charge in [-0.25, -0.2) is 8.42 Å². The first-order chi connectivity index (χ1) is 11.4. The monoisotopic (exact) mass is 410 g/mol. The minimum Gasteiger partial charge on any atom is -0.339 e. The Labute approximate surface area is 150 Å². The van der Waals surface area contributed by atoms with Gasteiger partial charge in [-0.05, 0) is 50.2 Å². The highest BCUT2D eigenvalue weighted by Gasteiger charge is 2.20. The van der Waals surface area contributed by atoms with Gasteiger partial charge < -0.3 is 4.90 Å². The van der Waals surface area contributed by atoms with Crippen molar-refractivity contribution in [3.05, 3.63) is 58.6 Å². The van der Waals surface area contributed by atoms with Gasteiger partial charge in [0.25, 0.3) is 15.9 Å². The maximum atomic E-state index is 12.6. The van der Waals surface area contributed by atoms with E-state index in [1.54, 1.807) is 41.3 Å². The zero-order valence-electron chi connectivity index (χ0n) is 13.5. The molecule has 24 heavy (non-hydrogen) atoms. The number of carbonyl (C=O) groups is 1. The molecule has 0 aromatic heterocycles. The van der Waals surface area contributed by atoms with Crippen LogP contribution in [-0.2, 0) is 10.0 Å². The van der Waals surface area contributed by atoms with Gasteiger partial charge in [-0.2, -0.15) is 0 Å². The average molecular weight is 411 g/mol. The maximum absolute atomic E-state index is 12.6. The Morgan fingerprint density at radius 3 is 2.21 bits per heavy atom. The van der Waals surface area contributed by atoms with Crippen LogP contribution in [0, 0.1) is 0 Å². The van der Waals surface area contributed by atoms with Gasteiger partial charge in [0.05, 0.1) is 16.1 Å². The molecule has 0 radical (unpaired) electrons. The van der Waals surface area contributed by atoms with Gasteiger partial charge in [-0.3, -0.25) is 9.52 Å². The first-order valence-corrected chi connectivity index (χ1v) is 9.83. The number of para-hydroxylation sites is 1. The molecule has 1 amide bonds. The van der Waals surface area contributed by atoms with Crippen molar-refractivity contribution in [1.29, 1.82) is 0 Å². The summed E-state index contributed by atoms with van der Waals surface area (Å²) in [6, 6.07) is 12.9. The number of benzene rings is 2. The Hall–Kier alpha value is -1.86. The predicted molar refractivity (Wildman–Crippen MR) is 98.6 cm³/mol. The van der Waals surface area contributed by atoms with E-state index in [2.05, 4.69) is 20.7 Å². The third-order valence-electron chi connectivity index (χ3n) is 3.58. The highest BCUT2D eigenvalue weighted by Crippen LogP contribution is 2.22. The molecule has 0 aliphatic carbocycles. The quantitative estimate of drug-likeness (QED) is 0.788. The van der Waals surface area contributed by atoms with Crippen molar-refractivity contribution in [3.8, 4) is 0 Å². The van der Waals surface area contributed by atoms with Crippen molar-refractivity contribution in [2.75, 3.05) is 17.8 Å². The fourth-order valence-corrected chi connectivity index (χ4v) is 3.60. The summed E-state index contributed by atoms with van der Waals surface area (Å²) in [6.45, 7) is 4.89. The molecule has 1 N–H and O–H groups in total. The average Bonchev–Trinajstić information content (AvgIpc) is 2.56. The number of carbonyl (C=O) groups excluding carboxylic acids is 1. The summed E-state index contributed by atoms with van der Waals surface area (Å²) in [6.07, 6.45) is 0. The molecular formula is C17H19BrN2O3S. The van der Waals surface area contributed by atoms with Crippen LogP contribution in [-0.4, -0.2) is 32.3 Å². The van der Waals surface area contributed by atoms with Crippen LogP contribution in [0.1, 0.15) is 24.2 Å². The maximum Gasteiger partial charge on any atom is 0.261 e. The molecule has 0 unspecified atom stereocenters. The summed E-state index contributed by atoms with van der Waals surface area (Å²) < 4.78 is 28.4. The van der Waals surface area contributed by atoms with E-state index in [0.717, 1.165) is 4.47 Å². The number of hydrogen-bond acceptors (Lipinski definition) is 3. The van der Waals surface area contributed by atoms with Crippen LogP contribution in [0.3, 0.4) is 0 Å².